The topological polar surface area (TPSA) is 22.0 Å². The van der Waals surface area contributed by atoms with Gasteiger partial charge in [-0.25, -0.2) is 0 Å². The van der Waals surface area contributed by atoms with Gasteiger partial charge in [-0.15, -0.1) is 0 Å². The molecule has 0 radical (unpaired) electrons. The van der Waals surface area contributed by atoms with E-state index in [1.807, 2.05) is 30.3 Å². The lowest BCUT2D eigenvalue weighted by molar-refractivity contribution is 0.112. The van der Waals surface area contributed by atoms with Crippen LogP contribution in [0.1, 0.15) is 10.4 Å². The average Bonchev–Trinajstić information content (AvgIpc) is 3.06. The van der Waals surface area contributed by atoms with Gasteiger partial charge in [-0.2, -0.15) is 0 Å². The molecule has 0 aliphatic rings. The van der Waals surface area contributed by atoms with E-state index >= 15 is 0 Å². The molecular formula is C21H15NO. The lowest BCUT2D eigenvalue weighted by atomic mass is 10.0. The molecule has 4 rings (SSSR count). The smallest absolute Gasteiger partial charge is 0.150 e. The zero-order valence-corrected chi connectivity index (χ0v) is 12.5. The van der Waals surface area contributed by atoms with E-state index < -0.39 is 0 Å². The molecule has 0 fully saturated rings. The first-order valence-corrected chi connectivity index (χ1v) is 7.58. The third kappa shape index (κ3) is 2.34. The molecule has 110 valence electrons. The number of fused-ring (bicyclic) bond motifs is 1. The molecule has 0 aliphatic carbocycles. The first-order valence-electron chi connectivity index (χ1n) is 7.58. The van der Waals surface area contributed by atoms with Crippen LogP contribution in [0.4, 0.5) is 0 Å². The van der Waals surface area contributed by atoms with Gasteiger partial charge in [0.05, 0.1) is 5.52 Å². The van der Waals surface area contributed by atoms with Crippen LogP contribution in [0.15, 0.2) is 85.1 Å². The number of carbonyl (C=O) groups is 1. The molecule has 2 heteroatoms. The molecule has 0 amide bonds. The van der Waals surface area contributed by atoms with E-state index in [4.69, 9.17) is 0 Å². The third-order valence-electron chi connectivity index (χ3n) is 4.10. The molecule has 0 aliphatic heterocycles. The van der Waals surface area contributed by atoms with Crippen LogP contribution >= 0.6 is 0 Å². The average molecular weight is 297 g/mol. The third-order valence-corrected chi connectivity index (χ3v) is 4.10. The van der Waals surface area contributed by atoms with Crippen molar-refractivity contribution in [1.82, 2.24) is 4.57 Å². The Morgan fingerprint density at radius 3 is 2.43 bits per heavy atom. The molecule has 0 unspecified atom stereocenters. The van der Waals surface area contributed by atoms with Crippen LogP contribution in [0.25, 0.3) is 27.7 Å². The molecule has 23 heavy (non-hydrogen) atoms. The number of benzene rings is 3. The highest BCUT2D eigenvalue weighted by Crippen LogP contribution is 2.30. The zero-order chi connectivity index (χ0) is 15.6. The molecule has 2 nitrogen and oxygen atoms in total. The fourth-order valence-electron chi connectivity index (χ4n) is 3.01. The maximum absolute atomic E-state index is 11.0. The lowest BCUT2D eigenvalue weighted by Crippen LogP contribution is -1.93. The quantitative estimate of drug-likeness (QED) is 0.482. The Morgan fingerprint density at radius 1 is 0.783 bits per heavy atom. The predicted octanol–water partition coefficient (Wildman–Crippen LogP) is 5.11. The minimum absolute atomic E-state index is 0.684. The van der Waals surface area contributed by atoms with Crippen LogP contribution in [0, 0.1) is 0 Å². The number of nitrogens with zero attached hydrogens (tertiary/aromatic N) is 1. The van der Waals surface area contributed by atoms with Crippen LogP contribution in [-0.4, -0.2) is 10.9 Å². The van der Waals surface area contributed by atoms with Gasteiger partial charge in [0.2, 0.25) is 0 Å². The SMILES string of the molecule is O=Cc1cccc(-n2ccc3c(-c4ccccc4)cccc32)c1. The fourth-order valence-corrected chi connectivity index (χ4v) is 3.01. The van der Waals surface area contributed by atoms with E-state index in [-0.39, 0.29) is 0 Å². The summed E-state index contributed by atoms with van der Waals surface area (Å²) in [5.41, 5.74) is 5.23. The largest absolute Gasteiger partial charge is 0.317 e. The Hall–Kier alpha value is -3.13. The zero-order valence-electron chi connectivity index (χ0n) is 12.5. The number of hydrogen-bond donors (Lipinski definition) is 0. The maximum atomic E-state index is 11.0. The normalized spacial score (nSPS) is 10.8. The van der Waals surface area contributed by atoms with Gasteiger partial charge >= 0.3 is 0 Å². The van der Waals surface area contributed by atoms with E-state index in [9.17, 15) is 4.79 Å². The molecule has 1 aromatic heterocycles. The van der Waals surface area contributed by atoms with Crippen LogP contribution in [0.2, 0.25) is 0 Å². The molecule has 0 saturated carbocycles. The van der Waals surface area contributed by atoms with Crippen LogP contribution < -0.4 is 0 Å². The van der Waals surface area contributed by atoms with Crippen molar-refractivity contribution in [3.8, 4) is 16.8 Å². The van der Waals surface area contributed by atoms with Gasteiger partial charge in [-0.3, -0.25) is 4.79 Å². The minimum atomic E-state index is 0.684. The predicted molar refractivity (Wildman–Crippen MR) is 94.1 cm³/mol. The van der Waals surface area contributed by atoms with Crippen molar-refractivity contribution in [2.24, 2.45) is 0 Å². The first-order chi connectivity index (χ1) is 11.4. The van der Waals surface area contributed by atoms with Gasteiger partial charge < -0.3 is 4.57 Å². The van der Waals surface area contributed by atoms with Gasteiger partial charge in [0, 0.05) is 22.8 Å². The highest BCUT2D eigenvalue weighted by Gasteiger charge is 2.08. The van der Waals surface area contributed by atoms with Crippen LogP contribution in [-0.2, 0) is 0 Å². The standard InChI is InChI=1S/C21H15NO/c23-15-16-6-4-9-18(14-16)22-13-12-20-19(10-5-11-21(20)22)17-7-2-1-3-8-17/h1-15H. The second kappa shape index (κ2) is 5.58. The molecule has 0 spiro atoms. The lowest BCUT2D eigenvalue weighted by Gasteiger charge is -2.08. The summed E-state index contributed by atoms with van der Waals surface area (Å²) in [6.45, 7) is 0. The number of aromatic nitrogens is 1. The van der Waals surface area contributed by atoms with Crippen molar-refractivity contribution in [2.45, 2.75) is 0 Å². The highest BCUT2D eigenvalue weighted by atomic mass is 16.1. The first kappa shape index (κ1) is 13.5. The van der Waals surface area contributed by atoms with Crippen LogP contribution in [0.3, 0.4) is 0 Å². The molecule has 1 heterocycles. The Labute approximate surface area is 134 Å². The maximum Gasteiger partial charge on any atom is 0.150 e. The van der Waals surface area contributed by atoms with Crippen LogP contribution in [0.5, 0.6) is 0 Å². The summed E-state index contributed by atoms with van der Waals surface area (Å²) in [5.74, 6) is 0. The molecule has 0 N–H and O–H groups in total. The molecular weight excluding hydrogens is 282 g/mol. The molecule has 3 aromatic carbocycles. The van der Waals surface area contributed by atoms with Crippen molar-refractivity contribution in [1.29, 1.82) is 0 Å². The van der Waals surface area contributed by atoms with E-state index in [1.165, 1.54) is 16.5 Å². The molecule has 0 bridgehead atoms. The van der Waals surface area contributed by atoms with E-state index in [1.54, 1.807) is 0 Å². The van der Waals surface area contributed by atoms with Gasteiger partial charge in [-0.05, 0) is 35.4 Å². The second-order valence-electron chi connectivity index (χ2n) is 5.50. The van der Waals surface area contributed by atoms with Crippen molar-refractivity contribution in [3.63, 3.8) is 0 Å². The summed E-state index contributed by atoms with van der Waals surface area (Å²) in [6.07, 6.45) is 2.94. The molecule has 0 atom stereocenters. The number of aldehydes is 1. The van der Waals surface area contributed by atoms with E-state index in [2.05, 4.69) is 59.3 Å². The second-order valence-corrected chi connectivity index (χ2v) is 5.50. The summed E-state index contributed by atoms with van der Waals surface area (Å²) in [7, 11) is 0. The Balaban J connectivity index is 1.92. The Morgan fingerprint density at radius 2 is 1.61 bits per heavy atom. The Bertz CT molecular complexity index is 983. The van der Waals surface area contributed by atoms with Gasteiger partial charge in [0.15, 0.2) is 0 Å². The Kier molecular flexibility index (Phi) is 3.28. The summed E-state index contributed by atoms with van der Waals surface area (Å²) >= 11 is 0. The van der Waals surface area contributed by atoms with Crippen molar-refractivity contribution in [3.05, 3.63) is 90.6 Å². The highest BCUT2D eigenvalue weighted by molar-refractivity contribution is 5.96. The van der Waals surface area contributed by atoms with Gasteiger partial charge in [-0.1, -0.05) is 54.6 Å². The summed E-state index contributed by atoms with van der Waals surface area (Å²) in [5, 5.41) is 1.20. The number of rotatable bonds is 3. The van der Waals surface area contributed by atoms with Crippen molar-refractivity contribution < 1.29 is 4.79 Å². The van der Waals surface area contributed by atoms with Crippen molar-refractivity contribution >= 4 is 17.2 Å². The summed E-state index contributed by atoms with van der Waals surface area (Å²) in [6, 6.07) is 26.5. The van der Waals surface area contributed by atoms with Gasteiger partial charge in [0.1, 0.15) is 6.29 Å². The monoisotopic (exact) mass is 297 g/mol. The van der Waals surface area contributed by atoms with Crippen molar-refractivity contribution in [2.75, 3.05) is 0 Å². The summed E-state index contributed by atoms with van der Waals surface area (Å²) < 4.78 is 2.12. The van der Waals surface area contributed by atoms with E-state index in [0.29, 0.717) is 5.56 Å². The fraction of sp³-hybridized carbons (Fsp3) is 0. The minimum Gasteiger partial charge on any atom is -0.317 e. The molecule has 0 saturated heterocycles. The van der Waals surface area contributed by atoms with Gasteiger partial charge in [0.25, 0.3) is 0 Å². The number of hydrogen-bond acceptors (Lipinski definition) is 1. The number of carbonyl (C=O) groups excluding carboxylic acids is 1. The van der Waals surface area contributed by atoms with E-state index in [0.717, 1.165) is 17.5 Å². The molecule has 4 aromatic rings. The summed E-state index contributed by atoms with van der Waals surface area (Å²) in [4.78, 5) is 11.0.